The number of piperidine rings is 1. The lowest BCUT2D eigenvalue weighted by molar-refractivity contribution is 0.0720. The number of nitrogens with zero attached hydrogens (tertiary/aromatic N) is 2. The number of halogens is 2. The molecule has 1 aromatic carbocycles. The summed E-state index contributed by atoms with van der Waals surface area (Å²) in [7, 11) is 1.43. The molecule has 0 aliphatic carbocycles. The lowest BCUT2D eigenvalue weighted by Gasteiger charge is -2.27. The van der Waals surface area contributed by atoms with E-state index in [1.54, 1.807) is 11.0 Å². The van der Waals surface area contributed by atoms with Gasteiger partial charge in [0, 0.05) is 24.8 Å². The maximum Gasteiger partial charge on any atom is 0.258 e. The predicted molar refractivity (Wildman–Crippen MR) is 109 cm³/mol. The summed E-state index contributed by atoms with van der Waals surface area (Å²) in [6, 6.07) is 5.66. The zero-order valence-electron chi connectivity index (χ0n) is 15.8. The molecule has 1 aliphatic rings. The average molecular weight is 416 g/mol. The van der Waals surface area contributed by atoms with Crippen LogP contribution in [0.4, 0.5) is 4.39 Å². The maximum atomic E-state index is 15.0. The molecule has 6 nitrogen and oxygen atoms in total. The van der Waals surface area contributed by atoms with Crippen LogP contribution in [0.2, 0.25) is 5.02 Å². The maximum absolute atomic E-state index is 15.0. The van der Waals surface area contributed by atoms with Crippen LogP contribution < -0.4 is 10.3 Å². The lowest BCUT2D eigenvalue weighted by atomic mass is 10.0. The predicted octanol–water partition coefficient (Wildman–Crippen LogP) is 4.02. The van der Waals surface area contributed by atoms with Crippen molar-refractivity contribution in [1.82, 2.24) is 14.9 Å². The van der Waals surface area contributed by atoms with E-state index in [-0.39, 0.29) is 44.4 Å². The molecule has 0 bridgehead atoms. The van der Waals surface area contributed by atoms with E-state index in [4.69, 9.17) is 16.3 Å². The number of carbonyl (C=O) groups excluding carboxylic acids is 1. The summed E-state index contributed by atoms with van der Waals surface area (Å²) in [6.07, 6.45) is 4.42. The number of methoxy groups -OCH3 is 1. The average Bonchev–Trinajstić information content (AvgIpc) is 2.73. The van der Waals surface area contributed by atoms with Gasteiger partial charge in [0.2, 0.25) is 0 Å². The third-order valence-corrected chi connectivity index (χ3v) is 5.42. The highest BCUT2D eigenvalue weighted by Crippen LogP contribution is 2.33. The lowest BCUT2D eigenvalue weighted by Crippen LogP contribution is -2.35. The van der Waals surface area contributed by atoms with Crippen molar-refractivity contribution in [3.8, 4) is 17.0 Å². The van der Waals surface area contributed by atoms with Crippen molar-refractivity contribution in [3.05, 3.63) is 57.2 Å². The van der Waals surface area contributed by atoms with E-state index in [0.29, 0.717) is 18.6 Å². The third kappa shape index (κ3) is 3.58. The van der Waals surface area contributed by atoms with Gasteiger partial charge in [-0.3, -0.25) is 9.59 Å². The molecular formula is C21H19ClFN3O3. The highest BCUT2D eigenvalue weighted by Gasteiger charge is 2.24. The number of amides is 1. The Balaban J connectivity index is 1.80. The summed E-state index contributed by atoms with van der Waals surface area (Å²) < 4.78 is 20.4. The Morgan fingerprint density at radius 1 is 1.24 bits per heavy atom. The fourth-order valence-electron chi connectivity index (χ4n) is 3.64. The van der Waals surface area contributed by atoms with Crippen molar-refractivity contribution in [1.29, 1.82) is 0 Å². The van der Waals surface area contributed by atoms with Gasteiger partial charge in [-0.15, -0.1) is 0 Å². The summed E-state index contributed by atoms with van der Waals surface area (Å²) in [4.78, 5) is 33.4. The molecule has 2 aromatic heterocycles. The third-order valence-electron chi connectivity index (χ3n) is 5.12. The number of hydrogen-bond acceptors (Lipinski definition) is 4. The second-order valence-electron chi connectivity index (χ2n) is 6.94. The molecule has 3 heterocycles. The molecule has 0 spiro atoms. The van der Waals surface area contributed by atoms with E-state index in [9.17, 15) is 9.59 Å². The van der Waals surface area contributed by atoms with Crippen molar-refractivity contribution in [2.45, 2.75) is 19.3 Å². The van der Waals surface area contributed by atoms with Gasteiger partial charge in [-0.2, -0.15) is 0 Å². The molecule has 0 unspecified atom stereocenters. The second-order valence-corrected chi connectivity index (χ2v) is 7.35. The van der Waals surface area contributed by atoms with Gasteiger partial charge in [0.1, 0.15) is 11.6 Å². The SMILES string of the molecule is COc1cc(-c2cc(Cl)c3c(=O)[nH]ccc3n2)c(F)cc1C(=O)N1CCCCC1. The van der Waals surface area contributed by atoms with Gasteiger partial charge in [-0.25, -0.2) is 9.37 Å². The fraction of sp³-hybridized carbons (Fsp3) is 0.286. The highest BCUT2D eigenvalue weighted by atomic mass is 35.5. The van der Waals surface area contributed by atoms with Crippen molar-refractivity contribution in [3.63, 3.8) is 0 Å². The Morgan fingerprint density at radius 2 is 2.00 bits per heavy atom. The molecule has 1 aliphatic heterocycles. The fourth-order valence-corrected chi connectivity index (χ4v) is 3.92. The van der Waals surface area contributed by atoms with Gasteiger partial charge in [-0.05, 0) is 43.5 Å². The number of fused-ring (bicyclic) bond motifs is 1. The van der Waals surface area contributed by atoms with Gasteiger partial charge in [0.15, 0.2) is 0 Å². The van der Waals surface area contributed by atoms with E-state index < -0.39 is 5.82 Å². The Morgan fingerprint density at radius 3 is 2.72 bits per heavy atom. The van der Waals surface area contributed by atoms with Crippen molar-refractivity contribution >= 4 is 28.4 Å². The first-order valence-corrected chi connectivity index (χ1v) is 9.72. The van der Waals surface area contributed by atoms with E-state index in [1.165, 1.54) is 31.5 Å². The van der Waals surface area contributed by atoms with E-state index in [0.717, 1.165) is 19.3 Å². The molecule has 1 N–H and O–H groups in total. The van der Waals surface area contributed by atoms with Crippen molar-refractivity contribution in [2.75, 3.05) is 20.2 Å². The van der Waals surface area contributed by atoms with Crippen LogP contribution in [-0.2, 0) is 0 Å². The first-order valence-electron chi connectivity index (χ1n) is 9.34. The topological polar surface area (TPSA) is 75.3 Å². The van der Waals surface area contributed by atoms with Crippen LogP contribution in [0.5, 0.6) is 5.75 Å². The number of nitrogens with one attached hydrogen (secondary N) is 1. The molecule has 3 aromatic rings. The number of carbonyl (C=O) groups is 1. The van der Waals surface area contributed by atoms with E-state index in [2.05, 4.69) is 9.97 Å². The van der Waals surface area contributed by atoms with Gasteiger partial charge in [0.05, 0.1) is 34.3 Å². The molecule has 29 heavy (non-hydrogen) atoms. The highest BCUT2D eigenvalue weighted by molar-refractivity contribution is 6.35. The minimum atomic E-state index is -0.612. The largest absolute Gasteiger partial charge is 0.496 e. The number of rotatable bonds is 3. The number of hydrogen-bond donors (Lipinski definition) is 1. The monoisotopic (exact) mass is 415 g/mol. The molecule has 150 valence electrons. The van der Waals surface area contributed by atoms with Crippen LogP contribution in [-0.4, -0.2) is 41.0 Å². The van der Waals surface area contributed by atoms with Crippen LogP contribution in [0.25, 0.3) is 22.2 Å². The van der Waals surface area contributed by atoms with Crippen LogP contribution >= 0.6 is 11.6 Å². The smallest absolute Gasteiger partial charge is 0.258 e. The van der Waals surface area contributed by atoms with E-state index >= 15 is 4.39 Å². The molecular weight excluding hydrogens is 397 g/mol. The molecule has 0 atom stereocenters. The minimum absolute atomic E-state index is 0.140. The van der Waals surface area contributed by atoms with Crippen LogP contribution in [0, 0.1) is 5.82 Å². The number of H-pyrrole nitrogens is 1. The first-order chi connectivity index (χ1) is 14.0. The summed E-state index contributed by atoms with van der Waals surface area (Å²) in [5.74, 6) is -0.595. The van der Waals surface area contributed by atoms with Gasteiger partial charge in [-0.1, -0.05) is 11.6 Å². The number of pyridine rings is 2. The van der Waals surface area contributed by atoms with Crippen LogP contribution in [0.15, 0.2) is 35.3 Å². The normalized spacial score (nSPS) is 14.2. The van der Waals surface area contributed by atoms with Crippen LogP contribution in [0.3, 0.4) is 0 Å². The Kier molecular flexibility index (Phi) is 5.24. The molecule has 1 fully saturated rings. The van der Waals surface area contributed by atoms with Gasteiger partial charge in [0.25, 0.3) is 11.5 Å². The Bertz CT molecular complexity index is 1160. The standard InChI is InChI=1S/C21H19ClFN3O3/c1-29-18-10-12(15(23)9-13(18)21(28)26-7-3-2-4-8-26)17-11-14(22)19-16(25-17)5-6-24-20(19)27/h5-6,9-11H,2-4,7-8H2,1H3,(H,24,27). The zero-order valence-corrected chi connectivity index (χ0v) is 16.6. The quantitative estimate of drug-likeness (QED) is 0.701. The number of benzene rings is 1. The van der Waals surface area contributed by atoms with E-state index in [1.807, 2.05) is 0 Å². The number of ether oxygens (including phenoxy) is 1. The minimum Gasteiger partial charge on any atom is -0.496 e. The summed E-state index contributed by atoms with van der Waals surface area (Å²) in [6.45, 7) is 1.31. The first kappa shape index (κ1) is 19.4. The molecule has 1 saturated heterocycles. The summed E-state index contributed by atoms with van der Waals surface area (Å²) in [5, 5.41) is 0.404. The van der Waals surface area contributed by atoms with Crippen molar-refractivity contribution < 1.29 is 13.9 Å². The van der Waals surface area contributed by atoms with Gasteiger partial charge >= 0.3 is 0 Å². The number of aromatic amines is 1. The molecule has 4 rings (SSSR count). The Hall–Kier alpha value is -2.93. The number of aromatic nitrogens is 2. The molecule has 0 radical (unpaired) electrons. The van der Waals surface area contributed by atoms with Crippen molar-refractivity contribution in [2.24, 2.45) is 0 Å². The Labute approximate surface area is 171 Å². The second kappa shape index (κ2) is 7.83. The zero-order chi connectivity index (χ0) is 20.5. The summed E-state index contributed by atoms with van der Waals surface area (Å²) in [5.41, 5.74) is 0.552. The molecule has 1 amide bonds. The molecule has 0 saturated carbocycles. The number of likely N-dealkylation sites (tertiary alicyclic amines) is 1. The van der Waals surface area contributed by atoms with Crippen LogP contribution in [0.1, 0.15) is 29.6 Å². The molecule has 8 heteroatoms. The summed E-state index contributed by atoms with van der Waals surface area (Å²) >= 11 is 6.25. The van der Waals surface area contributed by atoms with Gasteiger partial charge < -0.3 is 14.6 Å².